The maximum absolute atomic E-state index is 12.2. The first kappa shape index (κ1) is 21.9. The molecule has 0 spiro atoms. The van der Waals surface area contributed by atoms with E-state index in [1.807, 2.05) is 33.8 Å². The van der Waals surface area contributed by atoms with Crippen molar-refractivity contribution in [2.24, 2.45) is 5.11 Å². The zero-order valence-corrected chi connectivity index (χ0v) is 19.4. The summed E-state index contributed by atoms with van der Waals surface area (Å²) in [5.41, 5.74) is 10.2. The molecule has 2 unspecified atom stereocenters. The maximum atomic E-state index is 12.2. The number of pyridine rings is 3. The summed E-state index contributed by atoms with van der Waals surface area (Å²) in [5, 5.41) is 8.78. The van der Waals surface area contributed by atoms with Crippen LogP contribution in [0.1, 0.15) is 68.1 Å². The Morgan fingerprint density at radius 3 is 2.71 bits per heavy atom. The summed E-state index contributed by atoms with van der Waals surface area (Å²) in [4.78, 5) is 28.9. The van der Waals surface area contributed by atoms with Crippen LogP contribution in [0.3, 0.4) is 0 Å². The quantitative estimate of drug-likeness (QED) is 0.222. The van der Waals surface area contributed by atoms with Gasteiger partial charge in [-0.05, 0) is 54.4 Å². The van der Waals surface area contributed by atoms with Crippen LogP contribution in [-0.2, 0) is 10.3 Å². The Kier molecular flexibility index (Phi) is 5.25. The second-order valence-corrected chi connectivity index (χ2v) is 9.31. The first-order chi connectivity index (χ1) is 16.3. The lowest BCUT2D eigenvalue weighted by molar-refractivity contribution is 0.0235. The van der Waals surface area contributed by atoms with Gasteiger partial charge in [-0.25, -0.2) is 19.7 Å². The van der Waals surface area contributed by atoms with Crippen LogP contribution in [0.15, 0.2) is 35.7 Å². The molecule has 5 rings (SSSR count). The van der Waals surface area contributed by atoms with E-state index in [2.05, 4.69) is 30.3 Å². The number of ether oxygens (including phenoxy) is 2. The predicted octanol–water partition coefficient (Wildman–Crippen LogP) is 5.52. The standard InChI is InChI=1S/C24H25N7O3/c1-12-13(2)33-23(32)15-7-8-19(29-21(12)15)28-20-9-16-17(10-26-20)22(34-14-5-6-14)27-11-18(16)24(3,4)30-31-25/h7-14H,5-6H2,1-4H3,(H,26,28,29). The molecule has 1 N–H and O–H groups in total. The van der Waals surface area contributed by atoms with Gasteiger partial charge in [0.2, 0.25) is 5.88 Å². The highest BCUT2D eigenvalue weighted by molar-refractivity contribution is 5.93. The van der Waals surface area contributed by atoms with Crippen molar-refractivity contribution in [1.29, 1.82) is 0 Å². The molecule has 2 aliphatic rings. The Bertz CT molecular complexity index is 1350. The summed E-state index contributed by atoms with van der Waals surface area (Å²) < 4.78 is 11.4. The number of fused-ring (bicyclic) bond motifs is 2. The zero-order chi connectivity index (χ0) is 24.0. The molecule has 34 heavy (non-hydrogen) atoms. The molecule has 0 radical (unpaired) electrons. The number of rotatable bonds is 6. The number of nitrogens with one attached hydrogen (secondary N) is 1. The molecule has 10 nitrogen and oxygen atoms in total. The smallest absolute Gasteiger partial charge is 0.340 e. The Morgan fingerprint density at radius 1 is 1.18 bits per heavy atom. The molecule has 1 aliphatic heterocycles. The summed E-state index contributed by atoms with van der Waals surface area (Å²) in [6, 6.07) is 5.33. The highest BCUT2D eigenvalue weighted by atomic mass is 16.5. The van der Waals surface area contributed by atoms with Crippen LogP contribution >= 0.6 is 0 Å². The molecule has 174 valence electrons. The molecular formula is C24H25N7O3. The normalized spacial score (nSPS) is 19.7. The molecule has 4 heterocycles. The van der Waals surface area contributed by atoms with Crippen LogP contribution in [0.25, 0.3) is 21.2 Å². The summed E-state index contributed by atoms with van der Waals surface area (Å²) in [5.74, 6) is 1.26. The third-order valence-corrected chi connectivity index (χ3v) is 6.32. The van der Waals surface area contributed by atoms with E-state index in [4.69, 9.17) is 15.0 Å². The fraction of sp³-hybridized carbons (Fsp3) is 0.417. The summed E-state index contributed by atoms with van der Waals surface area (Å²) in [7, 11) is 0. The minimum absolute atomic E-state index is 0.0246. The summed E-state index contributed by atoms with van der Waals surface area (Å²) in [6.07, 6.45) is 5.36. The van der Waals surface area contributed by atoms with Gasteiger partial charge in [0.25, 0.3) is 0 Å². The molecule has 0 bridgehead atoms. The molecule has 2 atom stereocenters. The lowest BCUT2D eigenvalue weighted by Gasteiger charge is -2.27. The SMILES string of the molecule is CC1OC(=O)c2ccc(Nc3cc4c(C(C)(C)N=[N+]=[N-])cnc(OC5CC5)c4cn3)nc2C1C. The number of hydrogen-bond donors (Lipinski definition) is 1. The van der Waals surface area contributed by atoms with Crippen LogP contribution in [-0.4, -0.2) is 33.1 Å². The van der Waals surface area contributed by atoms with E-state index in [-0.39, 0.29) is 24.1 Å². The van der Waals surface area contributed by atoms with Crippen molar-refractivity contribution < 1.29 is 14.3 Å². The van der Waals surface area contributed by atoms with Gasteiger partial charge in [0.1, 0.15) is 23.8 Å². The molecule has 3 aromatic rings. The van der Waals surface area contributed by atoms with Gasteiger partial charge in [0.05, 0.1) is 22.2 Å². The highest BCUT2D eigenvalue weighted by Gasteiger charge is 2.32. The van der Waals surface area contributed by atoms with E-state index in [1.165, 1.54) is 0 Å². The van der Waals surface area contributed by atoms with Crippen molar-refractivity contribution in [2.75, 3.05) is 5.32 Å². The highest BCUT2D eigenvalue weighted by Crippen LogP contribution is 2.38. The number of aromatic nitrogens is 3. The van der Waals surface area contributed by atoms with E-state index in [0.29, 0.717) is 28.8 Å². The van der Waals surface area contributed by atoms with Gasteiger partial charge in [0.15, 0.2) is 0 Å². The lowest BCUT2D eigenvalue weighted by atomic mass is 9.92. The van der Waals surface area contributed by atoms with Crippen LogP contribution in [0, 0.1) is 0 Å². The maximum Gasteiger partial charge on any atom is 0.340 e. The van der Waals surface area contributed by atoms with Crippen LogP contribution in [0.2, 0.25) is 0 Å². The minimum Gasteiger partial charge on any atom is -0.474 e. The number of esters is 1. The first-order valence-corrected chi connectivity index (χ1v) is 11.3. The molecular weight excluding hydrogens is 434 g/mol. The van der Waals surface area contributed by atoms with E-state index in [9.17, 15) is 4.79 Å². The zero-order valence-electron chi connectivity index (χ0n) is 19.4. The Morgan fingerprint density at radius 2 is 1.97 bits per heavy atom. The second kappa shape index (κ2) is 8.14. The van der Waals surface area contributed by atoms with E-state index in [1.54, 1.807) is 24.5 Å². The summed E-state index contributed by atoms with van der Waals surface area (Å²) in [6.45, 7) is 7.52. The van der Waals surface area contributed by atoms with E-state index in [0.717, 1.165) is 29.2 Å². The summed E-state index contributed by atoms with van der Waals surface area (Å²) >= 11 is 0. The average molecular weight is 460 g/mol. The fourth-order valence-corrected chi connectivity index (χ4v) is 4.02. The first-order valence-electron chi connectivity index (χ1n) is 11.3. The topological polar surface area (TPSA) is 135 Å². The molecule has 1 fully saturated rings. The van der Waals surface area contributed by atoms with Crippen molar-refractivity contribution in [1.82, 2.24) is 15.0 Å². The molecule has 0 aromatic carbocycles. The number of azide groups is 1. The van der Waals surface area contributed by atoms with Crippen LogP contribution < -0.4 is 10.1 Å². The van der Waals surface area contributed by atoms with Crippen LogP contribution in [0.5, 0.6) is 5.88 Å². The number of carbonyl (C=O) groups is 1. The molecule has 1 aliphatic carbocycles. The van der Waals surface area contributed by atoms with Crippen molar-refractivity contribution >= 4 is 28.4 Å². The van der Waals surface area contributed by atoms with Crippen molar-refractivity contribution in [3.63, 3.8) is 0 Å². The van der Waals surface area contributed by atoms with Gasteiger partial charge < -0.3 is 14.8 Å². The van der Waals surface area contributed by atoms with Crippen molar-refractivity contribution in [2.45, 2.75) is 64.2 Å². The fourth-order valence-electron chi connectivity index (χ4n) is 4.02. The Labute approximate surface area is 196 Å². The lowest BCUT2D eigenvalue weighted by Crippen LogP contribution is -2.29. The molecule has 10 heteroatoms. The van der Waals surface area contributed by atoms with Gasteiger partial charge >= 0.3 is 5.97 Å². The predicted molar refractivity (Wildman–Crippen MR) is 126 cm³/mol. The monoisotopic (exact) mass is 459 g/mol. The van der Waals surface area contributed by atoms with E-state index >= 15 is 0 Å². The third kappa shape index (κ3) is 3.97. The Balaban J connectivity index is 1.56. The average Bonchev–Trinajstić information content (AvgIpc) is 3.61. The van der Waals surface area contributed by atoms with Gasteiger partial charge in [-0.1, -0.05) is 25.9 Å². The van der Waals surface area contributed by atoms with Gasteiger partial charge in [0, 0.05) is 23.2 Å². The number of hydrogen-bond acceptors (Lipinski definition) is 8. The van der Waals surface area contributed by atoms with Crippen LogP contribution in [0.4, 0.5) is 11.6 Å². The minimum atomic E-state index is -0.827. The van der Waals surface area contributed by atoms with Gasteiger partial charge in [-0.3, -0.25) is 0 Å². The number of anilines is 2. The van der Waals surface area contributed by atoms with Gasteiger partial charge in [-0.2, -0.15) is 0 Å². The van der Waals surface area contributed by atoms with Gasteiger partial charge in [-0.15, -0.1) is 0 Å². The number of cyclic esters (lactones) is 1. The molecule has 0 amide bonds. The molecule has 0 saturated heterocycles. The Hall–Kier alpha value is -3.91. The third-order valence-electron chi connectivity index (χ3n) is 6.32. The van der Waals surface area contributed by atoms with E-state index < -0.39 is 5.54 Å². The van der Waals surface area contributed by atoms with Crippen molar-refractivity contribution in [3.05, 3.63) is 57.9 Å². The molecule has 3 aromatic heterocycles. The van der Waals surface area contributed by atoms with Crippen molar-refractivity contribution in [3.8, 4) is 5.88 Å². The number of nitrogens with zero attached hydrogens (tertiary/aromatic N) is 6. The second-order valence-electron chi connectivity index (χ2n) is 9.31. The largest absolute Gasteiger partial charge is 0.474 e. The molecule has 1 saturated carbocycles. The number of carbonyl (C=O) groups excluding carboxylic acids is 1.